The lowest BCUT2D eigenvalue weighted by Crippen LogP contribution is -2.40. The van der Waals surface area contributed by atoms with Crippen molar-refractivity contribution in [3.63, 3.8) is 0 Å². The molecule has 6 heteroatoms. The number of nitrogens with two attached hydrogens (primary N) is 1. The fraction of sp³-hybridized carbons (Fsp3) is 0.417. The molecule has 0 bridgehead atoms. The van der Waals surface area contributed by atoms with E-state index in [2.05, 4.69) is 4.98 Å². The molecule has 0 atom stereocenters. The number of primary amides is 1. The highest BCUT2D eigenvalue weighted by molar-refractivity contribution is 6.33. The molecule has 1 rings (SSSR count). The van der Waals surface area contributed by atoms with Crippen molar-refractivity contribution in [3.8, 4) is 0 Å². The minimum Gasteiger partial charge on any atom is -0.368 e. The molecule has 18 heavy (non-hydrogen) atoms. The van der Waals surface area contributed by atoms with E-state index < -0.39 is 5.91 Å². The second kappa shape index (κ2) is 6.35. The lowest BCUT2D eigenvalue weighted by atomic mass is 10.1. The summed E-state index contributed by atoms with van der Waals surface area (Å²) in [5, 5.41) is 0.265. The van der Waals surface area contributed by atoms with Crippen molar-refractivity contribution in [3.05, 3.63) is 29.0 Å². The van der Waals surface area contributed by atoms with Gasteiger partial charge in [-0.25, -0.2) is 0 Å². The maximum absolute atomic E-state index is 12.2. The van der Waals surface area contributed by atoms with Gasteiger partial charge < -0.3 is 10.6 Å². The van der Waals surface area contributed by atoms with E-state index in [0.717, 1.165) is 0 Å². The van der Waals surface area contributed by atoms with Crippen LogP contribution in [-0.2, 0) is 4.79 Å². The van der Waals surface area contributed by atoms with Crippen LogP contribution in [0.25, 0.3) is 0 Å². The number of halogens is 1. The molecule has 1 aromatic rings. The van der Waals surface area contributed by atoms with Gasteiger partial charge in [-0.1, -0.05) is 25.4 Å². The van der Waals surface area contributed by atoms with E-state index in [1.807, 2.05) is 13.8 Å². The average Bonchev–Trinajstić information content (AvgIpc) is 2.26. The smallest absolute Gasteiger partial charge is 0.255 e. The highest BCUT2D eigenvalue weighted by Gasteiger charge is 2.20. The third kappa shape index (κ3) is 4.00. The van der Waals surface area contributed by atoms with Crippen LogP contribution in [0.3, 0.4) is 0 Å². The van der Waals surface area contributed by atoms with Crippen molar-refractivity contribution in [2.45, 2.75) is 13.8 Å². The molecule has 98 valence electrons. The number of hydrogen-bond donors (Lipinski definition) is 1. The molecule has 0 radical (unpaired) electrons. The van der Waals surface area contributed by atoms with E-state index in [1.165, 1.54) is 23.4 Å². The first kappa shape index (κ1) is 14.4. The SMILES string of the molecule is CC(C)CN(CC(N)=O)C(=O)c1ccncc1Cl. The van der Waals surface area contributed by atoms with Gasteiger partial charge in [-0.05, 0) is 12.0 Å². The summed E-state index contributed by atoms with van der Waals surface area (Å²) in [6.45, 7) is 4.24. The zero-order valence-electron chi connectivity index (χ0n) is 10.4. The van der Waals surface area contributed by atoms with Crippen molar-refractivity contribution < 1.29 is 9.59 Å². The van der Waals surface area contributed by atoms with E-state index in [4.69, 9.17) is 17.3 Å². The number of hydrogen-bond acceptors (Lipinski definition) is 3. The maximum atomic E-state index is 12.2. The molecular formula is C12H16ClN3O2. The standard InChI is InChI=1S/C12H16ClN3O2/c1-8(2)6-16(7-11(14)17)12(18)9-3-4-15-5-10(9)13/h3-5,8H,6-7H2,1-2H3,(H2,14,17). The number of aromatic nitrogens is 1. The van der Waals surface area contributed by atoms with E-state index >= 15 is 0 Å². The van der Waals surface area contributed by atoms with Crippen LogP contribution in [-0.4, -0.2) is 34.8 Å². The lowest BCUT2D eigenvalue weighted by Gasteiger charge is -2.23. The third-order valence-corrected chi connectivity index (χ3v) is 2.52. The van der Waals surface area contributed by atoms with Crippen molar-refractivity contribution in [2.75, 3.05) is 13.1 Å². The Morgan fingerprint density at radius 3 is 2.67 bits per heavy atom. The number of pyridine rings is 1. The van der Waals surface area contributed by atoms with Gasteiger partial charge in [-0.2, -0.15) is 0 Å². The second-order valence-corrected chi connectivity index (χ2v) is 4.81. The topological polar surface area (TPSA) is 76.3 Å². The minimum absolute atomic E-state index is 0.115. The predicted octanol–water partition coefficient (Wildman–Crippen LogP) is 1.32. The van der Waals surface area contributed by atoms with Crippen LogP contribution in [0.5, 0.6) is 0 Å². The quantitative estimate of drug-likeness (QED) is 0.876. The summed E-state index contributed by atoms with van der Waals surface area (Å²) >= 11 is 5.91. The van der Waals surface area contributed by atoms with Crippen molar-refractivity contribution >= 4 is 23.4 Å². The van der Waals surface area contributed by atoms with Crippen LogP contribution in [0.15, 0.2) is 18.5 Å². The number of carbonyl (C=O) groups excluding carboxylic acids is 2. The van der Waals surface area contributed by atoms with Gasteiger partial charge in [0.1, 0.15) is 0 Å². The lowest BCUT2D eigenvalue weighted by molar-refractivity contribution is -0.118. The Morgan fingerprint density at radius 2 is 2.17 bits per heavy atom. The fourth-order valence-electron chi connectivity index (χ4n) is 1.57. The van der Waals surface area contributed by atoms with Gasteiger partial charge in [0.2, 0.25) is 5.91 Å². The third-order valence-electron chi connectivity index (χ3n) is 2.22. The number of rotatable bonds is 5. The molecule has 5 nitrogen and oxygen atoms in total. The van der Waals surface area contributed by atoms with E-state index in [0.29, 0.717) is 12.1 Å². The van der Waals surface area contributed by atoms with Gasteiger partial charge in [0.15, 0.2) is 0 Å². The van der Waals surface area contributed by atoms with Gasteiger partial charge in [-0.15, -0.1) is 0 Å². The molecule has 0 aliphatic rings. The Balaban J connectivity index is 2.95. The molecule has 2 amide bonds. The van der Waals surface area contributed by atoms with Crippen LogP contribution < -0.4 is 5.73 Å². The molecular weight excluding hydrogens is 254 g/mol. The van der Waals surface area contributed by atoms with Crippen molar-refractivity contribution in [2.24, 2.45) is 11.7 Å². The van der Waals surface area contributed by atoms with Gasteiger partial charge >= 0.3 is 0 Å². The molecule has 1 aromatic heterocycles. The fourth-order valence-corrected chi connectivity index (χ4v) is 1.77. The second-order valence-electron chi connectivity index (χ2n) is 4.40. The molecule has 0 aromatic carbocycles. The molecule has 0 aliphatic heterocycles. The molecule has 0 unspecified atom stereocenters. The van der Waals surface area contributed by atoms with Crippen LogP contribution >= 0.6 is 11.6 Å². The molecule has 0 fully saturated rings. The first-order valence-corrected chi connectivity index (χ1v) is 5.96. The first-order valence-electron chi connectivity index (χ1n) is 5.59. The minimum atomic E-state index is -0.547. The average molecular weight is 270 g/mol. The van der Waals surface area contributed by atoms with Crippen LogP contribution in [0.4, 0.5) is 0 Å². The zero-order chi connectivity index (χ0) is 13.7. The Labute approximate surface area is 111 Å². The van der Waals surface area contributed by atoms with Crippen molar-refractivity contribution in [1.29, 1.82) is 0 Å². The van der Waals surface area contributed by atoms with Crippen LogP contribution in [0, 0.1) is 5.92 Å². The number of nitrogens with zero attached hydrogens (tertiary/aromatic N) is 2. The Morgan fingerprint density at radius 1 is 1.50 bits per heavy atom. The zero-order valence-corrected chi connectivity index (χ0v) is 11.1. The van der Waals surface area contributed by atoms with Gasteiger partial charge in [0, 0.05) is 18.9 Å². The molecule has 0 spiro atoms. The largest absolute Gasteiger partial charge is 0.368 e. The van der Waals surface area contributed by atoms with Crippen LogP contribution in [0.1, 0.15) is 24.2 Å². The normalized spacial score (nSPS) is 10.4. The Bertz CT molecular complexity index is 449. The Hall–Kier alpha value is -1.62. The summed E-state index contributed by atoms with van der Waals surface area (Å²) in [5.74, 6) is -0.627. The summed E-state index contributed by atoms with van der Waals surface area (Å²) in [7, 11) is 0. The van der Waals surface area contributed by atoms with Gasteiger partial charge in [-0.3, -0.25) is 14.6 Å². The highest BCUT2D eigenvalue weighted by Crippen LogP contribution is 2.16. The summed E-state index contributed by atoms with van der Waals surface area (Å²) in [6.07, 6.45) is 2.88. The Kier molecular flexibility index (Phi) is 5.09. The molecule has 0 saturated heterocycles. The predicted molar refractivity (Wildman–Crippen MR) is 69.2 cm³/mol. The summed E-state index contributed by atoms with van der Waals surface area (Å²) in [6, 6.07) is 1.53. The number of carbonyl (C=O) groups is 2. The van der Waals surface area contributed by atoms with Crippen LogP contribution in [0.2, 0.25) is 5.02 Å². The van der Waals surface area contributed by atoms with Crippen molar-refractivity contribution in [1.82, 2.24) is 9.88 Å². The maximum Gasteiger partial charge on any atom is 0.255 e. The summed E-state index contributed by atoms with van der Waals surface area (Å²) in [5.41, 5.74) is 5.47. The summed E-state index contributed by atoms with van der Waals surface area (Å²) in [4.78, 5) is 28.4. The summed E-state index contributed by atoms with van der Waals surface area (Å²) < 4.78 is 0. The monoisotopic (exact) mass is 269 g/mol. The van der Waals surface area contributed by atoms with E-state index in [9.17, 15) is 9.59 Å². The van der Waals surface area contributed by atoms with Gasteiger partial charge in [0.05, 0.1) is 17.1 Å². The molecule has 0 saturated carbocycles. The molecule has 1 heterocycles. The number of amides is 2. The molecule has 0 aliphatic carbocycles. The molecule has 2 N–H and O–H groups in total. The van der Waals surface area contributed by atoms with Gasteiger partial charge in [0.25, 0.3) is 5.91 Å². The highest BCUT2D eigenvalue weighted by atomic mass is 35.5. The first-order chi connectivity index (χ1) is 8.41. The van der Waals surface area contributed by atoms with E-state index in [1.54, 1.807) is 0 Å². The van der Waals surface area contributed by atoms with E-state index in [-0.39, 0.29) is 23.4 Å².